The Balaban J connectivity index is 1.75. The number of nitrogens with one attached hydrogen (secondary N) is 1. The molecule has 0 bridgehead atoms. The summed E-state index contributed by atoms with van der Waals surface area (Å²) in [6, 6.07) is 4.11. The first kappa shape index (κ1) is 14.0. The second-order valence-electron chi connectivity index (χ2n) is 5.19. The van der Waals surface area contributed by atoms with Crippen LogP contribution in [0.1, 0.15) is 34.8 Å². The number of hydrogen-bond donors (Lipinski definition) is 1. The Morgan fingerprint density at radius 1 is 1.48 bits per heavy atom. The third kappa shape index (κ3) is 3.05. The lowest BCUT2D eigenvalue weighted by molar-refractivity contribution is 0.0702. The monoisotopic (exact) mass is 302 g/mol. The van der Waals surface area contributed by atoms with Gasteiger partial charge in [-0.3, -0.25) is 4.79 Å². The Morgan fingerprint density at radius 3 is 3.14 bits per heavy atom. The van der Waals surface area contributed by atoms with Crippen LogP contribution in [0.2, 0.25) is 0 Å². The predicted octanol–water partition coefficient (Wildman–Crippen LogP) is 2.60. The first-order valence-electron chi connectivity index (χ1n) is 7.09. The third-order valence-electron chi connectivity index (χ3n) is 3.87. The SMILES string of the molecule is CNc1cc([C@H]2CCCN(C(=O)c3cscn3)C2)ccn1. The van der Waals surface area contributed by atoms with E-state index >= 15 is 0 Å². The van der Waals surface area contributed by atoms with Crippen molar-refractivity contribution < 1.29 is 4.79 Å². The smallest absolute Gasteiger partial charge is 0.273 e. The molecule has 1 atom stereocenters. The molecule has 1 N–H and O–H groups in total. The number of anilines is 1. The zero-order chi connectivity index (χ0) is 14.7. The normalized spacial score (nSPS) is 18.5. The van der Waals surface area contributed by atoms with Gasteiger partial charge in [0.2, 0.25) is 0 Å². The van der Waals surface area contributed by atoms with E-state index in [2.05, 4.69) is 21.4 Å². The Kier molecular flexibility index (Phi) is 4.15. The van der Waals surface area contributed by atoms with Crippen molar-refractivity contribution in [3.05, 3.63) is 40.5 Å². The van der Waals surface area contributed by atoms with E-state index in [4.69, 9.17) is 0 Å². The maximum atomic E-state index is 12.4. The molecule has 0 aliphatic carbocycles. The summed E-state index contributed by atoms with van der Waals surface area (Å²) in [4.78, 5) is 22.7. The second-order valence-corrected chi connectivity index (χ2v) is 5.91. The Bertz CT molecular complexity index is 614. The van der Waals surface area contributed by atoms with E-state index in [0.29, 0.717) is 11.6 Å². The minimum absolute atomic E-state index is 0.0452. The molecule has 6 heteroatoms. The van der Waals surface area contributed by atoms with Gasteiger partial charge >= 0.3 is 0 Å². The number of rotatable bonds is 3. The van der Waals surface area contributed by atoms with Crippen LogP contribution in [0.4, 0.5) is 5.82 Å². The van der Waals surface area contributed by atoms with Crippen LogP contribution in [0.3, 0.4) is 0 Å². The quantitative estimate of drug-likeness (QED) is 0.947. The van der Waals surface area contributed by atoms with Crippen molar-refractivity contribution in [2.24, 2.45) is 0 Å². The molecular formula is C15H18N4OS. The summed E-state index contributed by atoms with van der Waals surface area (Å²) in [5.41, 5.74) is 3.51. The molecule has 1 fully saturated rings. The van der Waals surface area contributed by atoms with Gasteiger partial charge in [0.15, 0.2) is 0 Å². The number of hydrogen-bond acceptors (Lipinski definition) is 5. The maximum absolute atomic E-state index is 12.4. The summed E-state index contributed by atoms with van der Waals surface area (Å²) in [6.07, 6.45) is 3.95. The van der Waals surface area contributed by atoms with Crippen molar-refractivity contribution >= 4 is 23.1 Å². The minimum atomic E-state index is 0.0452. The van der Waals surface area contributed by atoms with Gasteiger partial charge in [0.25, 0.3) is 5.91 Å². The largest absolute Gasteiger partial charge is 0.373 e. The molecule has 2 aromatic rings. The molecule has 110 valence electrons. The van der Waals surface area contributed by atoms with Crippen LogP contribution >= 0.6 is 11.3 Å². The molecule has 0 unspecified atom stereocenters. The minimum Gasteiger partial charge on any atom is -0.373 e. The number of pyridine rings is 1. The fraction of sp³-hybridized carbons (Fsp3) is 0.400. The molecule has 0 radical (unpaired) electrons. The number of amides is 1. The van der Waals surface area contributed by atoms with Crippen LogP contribution in [0, 0.1) is 0 Å². The van der Waals surface area contributed by atoms with E-state index in [1.165, 1.54) is 16.9 Å². The Morgan fingerprint density at radius 2 is 2.38 bits per heavy atom. The van der Waals surface area contributed by atoms with Crippen molar-refractivity contribution in [1.82, 2.24) is 14.9 Å². The lowest BCUT2D eigenvalue weighted by Gasteiger charge is -2.32. The highest BCUT2D eigenvalue weighted by atomic mass is 32.1. The number of nitrogens with zero attached hydrogens (tertiary/aromatic N) is 3. The highest BCUT2D eigenvalue weighted by molar-refractivity contribution is 7.07. The zero-order valence-electron chi connectivity index (χ0n) is 12.0. The third-order valence-corrected chi connectivity index (χ3v) is 4.46. The van der Waals surface area contributed by atoms with Gasteiger partial charge in [-0.2, -0.15) is 0 Å². The van der Waals surface area contributed by atoms with Crippen LogP contribution < -0.4 is 5.32 Å². The van der Waals surface area contributed by atoms with Gasteiger partial charge in [-0.05, 0) is 30.5 Å². The topological polar surface area (TPSA) is 58.1 Å². The van der Waals surface area contributed by atoms with Gasteiger partial charge in [-0.15, -0.1) is 11.3 Å². The number of carbonyl (C=O) groups excluding carboxylic acids is 1. The van der Waals surface area contributed by atoms with E-state index in [9.17, 15) is 4.79 Å². The summed E-state index contributed by atoms with van der Waals surface area (Å²) < 4.78 is 0. The molecule has 5 nitrogen and oxygen atoms in total. The van der Waals surface area contributed by atoms with Gasteiger partial charge in [0.1, 0.15) is 11.5 Å². The first-order valence-corrected chi connectivity index (χ1v) is 8.03. The molecule has 3 heterocycles. The van der Waals surface area contributed by atoms with Crippen LogP contribution in [0.25, 0.3) is 0 Å². The molecule has 1 amide bonds. The number of aromatic nitrogens is 2. The number of thiazole rings is 1. The number of likely N-dealkylation sites (tertiary alicyclic amines) is 1. The summed E-state index contributed by atoms with van der Waals surface area (Å²) in [6.45, 7) is 1.57. The molecule has 0 spiro atoms. The summed E-state index contributed by atoms with van der Waals surface area (Å²) >= 11 is 1.46. The average molecular weight is 302 g/mol. The predicted molar refractivity (Wildman–Crippen MR) is 83.8 cm³/mol. The van der Waals surface area contributed by atoms with Gasteiger partial charge in [0, 0.05) is 37.6 Å². The number of carbonyl (C=O) groups is 1. The Labute approximate surface area is 128 Å². The highest BCUT2D eigenvalue weighted by Crippen LogP contribution is 2.28. The van der Waals surface area contributed by atoms with Crippen LogP contribution in [0.5, 0.6) is 0 Å². The summed E-state index contributed by atoms with van der Waals surface area (Å²) in [5, 5.41) is 4.88. The summed E-state index contributed by atoms with van der Waals surface area (Å²) in [5.74, 6) is 1.29. The fourth-order valence-corrected chi connectivity index (χ4v) is 3.28. The average Bonchev–Trinajstić information content (AvgIpc) is 3.09. The molecule has 1 saturated heterocycles. The van der Waals surface area contributed by atoms with Crippen LogP contribution in [-0.2, 0) is 0 Å². The maximum Gasteiger partial charge on any atom is 0.273 e. The highest BCUT2D eigenvalue weighted by Gasteiger charge is 2.26. The van der Waals surface area contributed by atoms with Gasteiger partial charge in [0.05, 0.1) is 5.51 Å². The van der Waals surface area contributed by atoms with Crippen molar-refractivity contribution in [1.29, 1.82) is 0 Å². The van der Waals surface area contributed by atoms with Crippen molar-refractivity contribution in [2.75, 3.05) is 25.5 Å². The van der Waals surface area contributed by atoms with Crippen molar-refractivity contribution in [3.8, 4) is 0 Å². The standard InChI is InChI=1S/C15H18N4OS/c1-16-14-7-11(4-5-17-14)12-3-2-6-19(8-12)15(20)13-9-21-10-18-13/h4-5,7,9-10,12H,2-3,6,8H2,1H3,(H,16,17)/t12-/m0/s1. The van der Waals surface area contributed by atoms with E-state index in [1.54, 1.807) is 5.51 Å². The van der Waals surface area contributed by atoms with E-state index < -0.39 is 0 Å². The van der Waals surface area contributed by atoms with Gasteiger partial charge in [-0.1, -0.05) is 0 Å². The number of piperidine rings is 1. The molecule has 0 aromatic carbocycles. The fourth-order valence-electron chi connectivity index (χ4n) is 2.75. The molecule has 2 aromatic heterocycles. The van der Waals surface area contributed by atoms with E-state index in [-0.39, 0.29) is 5.91 Å². The van der Waals surface area contributed by atoms with E-state index in [1.807, 2.05) is 29.6 Å². The van der Waals surface area contributed by atoms with Crippen LogP contribution in [0.15, 0.2) is 29.2 Å². The van der Waals surface area contributed by atoms with Crippen molar-refractivity contribution in [2.45, 2.75) is 18.8 Å². The Hall–Kier alpha value is -1.95. The molecule has 1 aliphatic heterocycles. The van der Waals surface area contributed by atoms with Gasteiger partial charge < -0.3 is 10.2 Å². The van der Waals surface area contributed by atoms with Gasteiger partial charge in [-0.25, -0.2) is 9.97 Å². The van der Waals surface area contributed by atoms with Crippen molar-refractivity contribution in [3.63, 3.8) is 0 Å². The molecular weight excluding hydrogens is 284 g/mol. The molecule has 3 rings (SSSR count). The summed E-state index contributed by atoms with van der Waals surface area (Å²) in [7, 11) is 1.87. The zero-order valence-corrected chi connectivity index (χ0v) is 12.8. The second kappa shape index (κ2) is 6.22. The van der Waals surface area contributed by atoms with E-state index in [0.717, 1.165) is 31.7 Å². The van der Waals surface area contributed by atoms with Crippen LogP contribution in [-0.4, -0.2) is 40.9 Å². The first-order chi connectivity index (χ1) is 10.3. The lowest BCUT2D eigenvalue weighted by Crippen LogP contribution is -2.39. The lowest BCUT2D eigenvalue weighted by atomic mass is 9.91. The molecule has 21 heavy (non-hydrogen) atoms. The molecule has 1 aliphatic rings. The molecule has 0 saturated carbocycles.